The number of guanidine groups is 1. The maximum absolute atomic E-state index is 12.7. The first-order valence-corrected chi connectivity index (χ1v) is 10.8. The van der Waals surface area contributed by atoms with Crippen molar-refractivity contribution in [2.45, 2.75) is 38.6 Å². The zero-order chi connectivity index (χ0) is 22.8. The molecule has 0 atom stereocenters. The van der Waals surface area contributed by atoms with E-state index in [-0.39, 0.29) is 30.4 Å². The first-order valence-electron chi connectivity index (χ1n) is 10.8. The molecule has 2 aromatic carbocycles. The highest BCUT2D eigenvalue weighted by Gasteiger charge is 2.28. The fourth-order valence-corrected chi connectivity index (χ4v) is 3.60. The van der Waals surface area contributed by atoms with Crippen LogP contribution in [-0.4, -0.2) is 48.2 Å². The SMILES string of the molecule is CC(C)NC(=O)c1cccc(Nc2ccc(C(=O)/N=C3\NC(=O)CN3C)cc2C2CC2)c1. The van der Waals surface area contributed by atoms with Gasteiger partial charge in [-0.05, 0) is 74.6 Å². The second-order valence-electron chi connectivity index (χ2n) is 8.56. The standard InChI is InChI=1S/C24H27N5O3/c1-14(2)25-22(31)16-5-4-6-18(11-16)26-20-10-9-17(12-19(20)15-7-8-15)23(32)28-24-27-21(30)13-29(24)3/h4-6,9-12,14-15,26H,7-8,13H2,1-3H3,(H,25,31)(H,27,28,30,32). The van der Waals surface area contributed by atoms with Crippen LogP contribution >= 0.6 is 0 Å². The summed E-state index contributed by atoms with van der Waals surface area (Å²) in [5, 5.41) is 8.90. The van der Waals surface area contributed by atoms with Crippen LogP contribution in [0, 0.1) is 0 Å². The Bertz CT molecular complexity index is 1100. The average Bonchev–Trinajstić information content (AvgIpc) is 3.53. The third-order valence-corrected chi connectivity index (χ3v) is 5.34. The van der Waals surface area contributed by atoms with Gasteiger partial charge in [0.25, 0.3) is 11.8 Å². The van der Waals surface area contributed by atoms with E-state index in [2.05, 4.69) is 20.9 Å². The van der Waals surface area contributed by atoms with Crippen molar-refractivity contribution in [1.29, 1.82) is 0 Å². The normalized spacial score (nSPS) is 16.9. The van der Waals surface area contributed by atoms with E-state index in [0.29, 0.717) is 17.0 Å². The van der Waals surface area contributed by atoms with Crippen LogP contribution in [0.5, 0.6) is 0 Å². The van der Waals surface area contributed by atoms with Crippen LogP contribution in [0.25, 0.3) is 0 Å². The maximum Gasteiger partial charge on any atom is 0.280 e. The molecule has 1 saturated carbocycles. The van der Waals surface area contributed by atoms with Crippen LogP contribution in [0.1, 0.15) is 58.9 Å². The summed E-state index contributed by atoms with van der Waals surface area (Å²) in [5.74, 6) is -0.0302. The predicted molar refractivity (Wildman–Crippen MR) is 123 cm³/mol. The van der Waals surface area contributed by atoms with Crippen LogP contribution in [0.15, 0.2) is 47.5 Å². The molecule has 3 amide bonds. The Morgan fingerprint density at radius 1 is 1.12 bits per heavy atom. The monoisotopic (exact) mass is 433 g/mol. The van der Waals surface area contributed by atoms with E-state index in [1.807, 2.05) is 44.2 Å². The van der Waals surface area contributed by atoms with Crippen LogP contribution < -0.4 is 16.0 Å². The van der Waals surface area contributed by atoms with Gasteiger partial charge in [-0.15, -0.1) is 0 Å². The number of anilines is 2. The van der Waals surface area contributed by atoms with Crippen molar-refractivity contribution in [3.8, 4) is 0 Å². The highest BCUT2D eigenvalue weighted by molar-refractivity contribution is 6.10. The van der Waals surface area contributed by atoms with Gasteiger partial charge in [-0.2, -0.15) is 4.99 Å². The smallest absolute Gasteiger partial charge is 0.280 e. The summed E-state index contributed by atoms with van der Waals surface area (Å²) in [6, 6.07) is 12.9. The third kappa shape index (κ3) is 4.96. The molecule has 2 fully saturated rings. The van der Waals surface area contributed by atoms with Crippen LogP contribution in [0.2, 0.25) is 0 Å². The van der Waals surface area contributed by atoms with E-state index in [1.165, 1.54) is 0 Å². The summed E-state index contributed by atoms with van der Waals surface area (Å²) >= 11 is 0. The largest absolute Gasteiger partial charge is 0.355 e. The van der Waals surface area contributed by atoms with Crippen molar-refractivity contribution < 1.29 is 14.4 Å². The van der Waals surface area contributed by atoms with Gasteiger partial charge in [0.15, 0.2) is 0 Å². The van der Waals surface area contributed by atoms with E-state index in [1.54, 1.807) is 24.1 Å². The lowest BCUT2D eigenvalue weighted by Gasteiger charge is -2.14. The number of nitrogens with zero attached hydrogens (tertiary/aromatic N) is 2. The summed E-state index contributed by atoms with van der Waals surface area (Å²) in [5.41, 5.74) is 3.82. The number of hydrogen-bond acceptors (Lipinski definition) is 4. The zero-order valence-corrected chi connectivity index (χ0v) is 18.4. The molecule has 1 heterocycles. The van der Waals surface area contributed by atoms with Crippen LogP contribution in [0.4, 0.5) is 11.4 Å². The molecule has 1 aliphatic heterocycles. The molecule has 0 aromatic heterocycles. The summed E-state index contributed by atoms with van der Waals surface area (Å²) < 4.78 is 0. The number of nitrogens with one attached hydrogen (secondary N) is 3. The first kappa shape index (κ1) is 21.5. The van der Waals surface area contributed by atoms with Gasteiger partial charge >= 0.3 is 0 Å². The van der Waals surface area contributed by atoms with E-state index in [0.717, 1.165) is 29.8 Å². The quantitative estimate of drug-likeness (QED) is 0.650. The van der Waals surface area contributed by atoms with E-state index in [4.69, 9.17) is 0 Å². The third-order valence-electron chi connectivity index (χ3n) is 5.34. The number of amides is 3. The molecule has 0 radical (unpaired) electrons. The molecule has 0 spiro atoms. The number of rotatable bonds is 6. The lowest BCUT2D eigenvalue weighted by Crippen LogP contribution is -2.30. The van der Waals surface area contributed by atoms with Gasteiger partial charge in [0.1, 0.15) is 0 Å². The molecule has 0 bridgehead atoms. The van der Waals surface area contributed by atoms with E-state index in [9.17, 15) is 14.4 Å². The molecule has 8 heteroatoms. The fourth-order valence-electron chi connectivity index (χ4n) is 3.60. The lowest BCUT2D eigenvalue weighted by molar-refractivity contribution is -0.118. The Kier molecular flexibility index (Phi) is 5.94. The predicted octanol–water partition coefficient (Wildman–Crippen LogP) is 3.00. The molecule has 1 aliphatic carbocycles. The maximum atomic E-state index is 12.7. The number of carbonyl (C=O) groups excluding carboxylic acids is 3. The average molecular weight is 434 g/mol. The van der Waals surface area contributed by atoms with Gasteiger partial charge in [0, 0.05) is 35.6 Å². The number of likely N-dealkylation sites (N-methyl/N-ethyl adjacent to an activating group) is 1. The minimum atomic E-state index is -0.394. The number of benzene rings is 2. The Morgan fingerprint density at radius 2 is 1.91 bits per heavy atom. The van der Waals surface area contributed by atoms with Gasteiger partial charge in [0.05, 0.1) is 6.54 Å². The summed E-state index contributed by atoms with van der Waals surface area (Å²) in [6.07, 6.45) is 2.13. The van der Waals surface area contributed by atoms with E-state index < -0.39 is 5.91 Å². The summed E-state index contributed by atoms with van der Waals surface area (Å²) in [6.45, 7) is 4.04. The van der Waals surface area contributed by atoms with Crippen LogP contribution in [-0.2, 0) is 4.79 Å². The van der Waals surface area contributed by atoms with Gasteiger partial charge < -0.3 is 15.5 Å². The summed E-state index contributed by atoms with van der Waals surface area (Å²) in [4.78, 5) is 42.2. The minimum Gasteiger partial charge on any atom is -0.355 e. The van der Waals surface area contributed by atoms with Crippen molar-refractivity contribution >= 4 is 35.1 Å². The molecule has 3 N–H and O–H groups in total. The molecule has 8 nitrogen and oxygen atoms in total. The van der Waals surface area contributed by atoms with E-state index >= 15 is 0 Å². The number of carbonyl (C=O) groups is 3. The Hall–Kier alpha value is -3.68. The minimum absolute atomic E-state index is 0.0617. The molecule has 166 valence electrons. The zero-order valence-electron chi connectivity index (χ0n) is 18.4. The van der Waals surface area contributed by atoms with Crippen molar-refractivity contribution in [2.75, 3.05) is 18.9 Å². The molecule has 1 saturated heterocycles. The molecular formula is C24H27N5O3. The molecule has 0 unspecified atom stereocenters. The molecular weight excluding hydrogens is 406 g/mol. The number of aliphatic imine (C=N–C) groups is 1. The Morgan fingerprint density at radius 3 is 2.56 bits per heavy atom. The van der Waals surface area contributed by atoms with Crippen molar-refractivity contribution in [3.05, 3.63) is 59.2 Å². The molecule has 2 aliphatic rings. The lowest BCUT2D eigenvalue weighted by atomic mass is 10.0. The molecule has 2 aromatic rings. The highest BCUT2D eigenvalue weighted by Crippen LogP contribution is 2.44. The second kappa shape index (κ2) is 8.82. The Balaban J connectivity index is 1.56. The van der Waals surface area contributed by atoms with Crippen molar-refractivity contribution in [2.24, 2.45) is 4.99 Å². The first-order chi connectivity index (χ1) is 15.3. The second-order valence-corrected chi connectivity index (χ2v) is 8.56. The van der Waals surface area contributed by atoms with Gasteiger partial charge in [-0.3, -0.25) is 19.7 Å². The van der Waals surface area contributed by atoms with Crippen molar-refractivity contribution in [3.63, 3.8) is 0 Å². The fraction of sp³-hybridized carbons (Fsp3) is 0.333. The Labute approximate surface area is 187 Å². The number of hydrogen-bond donors (Lipinski definition) is 3. The van der Waals surface area contributed by atoms with Crippen LogP contribution in [0.3, 0.4) is 0 Å². The molecule has 32 heavy (non-hydrogen) atoms. The van der Waals surface area contributed by atoms with Gasteiger partial charge in [0.2, 0.25) is 11.9 Å². The van der Waals surface area contributed by atoms with Gasteiger partial charge in [-0.1, -0.05) is 6.07 Å². The topological polar surface area (TPSA) is 103 Å². The highest BCUT2D eigenvalue weighted by atomic mass is 16.2. The van der Waals surface area contributed by atoms with Gasteiger partial charge in [-0.25, -0.2) is 0 Å². The summed E-state index contributed by atoms with van der Waals surface area (Å²) in [7, 11) is 1.71. The van der Waals surface area contributed by atoms with Crippen molar-refractivity contribution in [1.82, 2.24) is 15.5 Å². The molecule has 4 rings (SSSR count).